The number of unbranched alkanes of at least 4 members (excludes halogenated alkanes) is 4. The summed E-state index contributed by atoms with van der Waals surface area (Å²) in [6.45, 7) is 13.0. The fourth-order valence-electron chi connectivity index (χ4n) is 5.31. The molecule has 0 aromatic heterocycles. The highest BCUT2D eigenvalue weighted by molar-refractivity contribution is 5.50. The van der Waals surface area contributed by atoms with Crippen molar-refractivity contribution in [1.82, 2.24) is 0 Å². The van der Waals surface area contributed by atoms with Gasteiger partial charge in [-0.25, -0.2) is 0 Å². The lowest BCUT2D eigenvalue weighted by Crippen LogP contribution is -2.29. The Morgan fingerprint density at radius 2 is 0.667 bits per heavy atom. The summed E-state index contributed by atoms with van der Waals surface area (Å²) >= 11 is 0. The lowest BCUT2D eigenvalue weighted by Gasteiger charge is -2.24. The third-order valence-corrected chi connectivity index (χ3v) is 8.16. The van der Waals surface area contributed by atoms with Crippen LogP contribution in [0.25, 0.3) is 34.4 Å². The van der Waals surface area contributed by atoms with Crippen LogP contribution in [0.5, 0.6) is 0 Å². The SMILES string of the molecule is CCCCN(CCCC)c1ccc2c(c1)=C=C=C=C=c1cc(N(CCCC)CCCC)ccc1=C=C=C=C=c1ccccc1=C=C=C=C=2. The van der Waals surface area contributed by atoms with Crippen molar-refractivity contribution in [2.75, 3.05) is 36.0 Å². The first-order valence-corrected chi connectivity index (χ1v) is 17.6. The monoisotopic (exact) mass is 626 g/mol. The molecule has 240 valence electrons. The molecule has 3 aromatic rings. The zero-order chi connectivity index (χ0) is 33.8. The number of hydrogen-bond acceptors (Lipinski definition) is 2. The Kier molecular flexibility index (Phi) is 14.8. The smallest absolute Gasteiger partial charge is 0.0433 e. The van der Waals surface area contributed by atoms with Crippen molar-refractivity contribution in [2.45, 2.75) is 79.1 Å². The van der Waals surface area contributed by atoms with Gasteiger partial charge in [0, 0.05) is 68.9 Å². The van der Waals surface area contributed by atoms with Crippen molar-refractivity contribution >= 4 is 45.8 Å². The van der Waals surface area contributed by atoms with Gasteiger partial charge < -0.3 is 9.80 Å². The molecule has 3 aromatic carbocycles. The van der Waals surface area contributed by atoms with Crippen LogP contribution in [0.3, 0.4) is 0 Å². The lowest BCUT2D eigenvalue weighted by molar-refractivity contribution is 0.678. The van der Waals surface area contributed by atoms with Crippen molar-refractivity contribution in [1.29, 1.82) is 0 Å². The van der Waals surface area contributed by atoms with Gasteiger partial charge in [-0.3, -0.25) is 0 Å². The lowest BCUT2D eigenvalue weighted by atomic mass is 10.1. The molecule has 48 heavy (non-hydrogen) atoms. The average Bonchev–Trinajstić information content (AvgIpc) is 3.11. The van der Waals surface area contributed by atoms with E-state index in [-0.39, 0.29) is 0 Å². The molecule has 0 bridgehead atoms. The molecular weight excluding hydrogens is 581 g/mol. The molecule has 4 rings (SSSR count). The largest absolute Gasteiger partial charge is 0.372 e. The first-order valence-electron chi connectivity index (χ1n) is 17.6. The van der Waals surface area contributed by atoms with E-state index in [0.717, 1.165) is 109 Å². The molecule has 2 heteroatoms. The van der Waals surface area contributed by atoms with Gasteiger partial charge in [-0.1, -0.05) is 99.9 Å². The molecule has 0 unspecified atom stereocenters. The summed E-state index contributed by atoms with van der Waals surface area (Å²) in [6, 6.07) is 20.7. The number of anilines is 2. The highest BCUT2D eigenvalue weighted by Crippen LogP contribution is 2.13. The van der Waals surface area contributed by atoms with Crippen LogP contribution >= 0.6 is 0 Å². The molecule has 1 aliphatic rings. The topological polar surface area (TPSA) is 6.48 Å². The fourth-order valence-corrected chi connectivity index (χ4v) is 5.31. The molecule has 0 aliphatic heterocycles. The normalized spacial score (nSPS) is 10.7. The Hall–Kier alpha value is -5.38. The van der Waals surface area contributed by atoms with E-state index < -0.39 is 0 Å². The molecule has 2 nitrogen and oxygen atoms in total. The first kappa shape index (κ1) is 35.5. The van der Waals surface area contributed by atoms with Gasteiger partial charge in [0.05, 0.1) is 0 Å². The summed E-state index contributed by atoms with van der Waals surface area (Å²) in [5.74, 6) is 0. The van der Waals surface area contributed by atoms with Gasteiger partial charge in [0.1, 0.15) is 0 Å². The predicted molar refractivity (Wildman–Crippen MR) is 203 cm³/mol. The summed E-state index contributed by atoms with van der Waals surface area (Å²) in [7, 11) is 0. The predicted octanol–water partition coefficient (Wildman–Crippen LogP) is 5.79. The van der Waals surface area contributed by atoms with Crippen LogP contribution in [0.1, 0.15) is 79.1 Å². The zero-order valence-electron chi connectivity index (χ0n) is 29.2. The second-order valence-electron chi connectivity index (χ2n) is 11.9. The minimum Gasteiger partial charge on any atom is -0.372 e. The Labute approximate surface area is 286 Å². The summed E-state index contributed by atoms with van der Waals surface area (Å²) in [5, 5.41) is 5.07. The van der Waals surface area contributed by atoms with Crippen molar-refractivity contribution < 1.29 is 0 Å². The van der Waals surface area contributed by atoms with Crippen molar-refractivity contribution in [3.8, 4) is 0 Å². The third-order valence-electron chi connectivity index (χ3n) is 8.16. The molecule has 0 saturated heterocycles. The van der Waals surface area contributed by atoms with Gasteiger partial charge in [0.15, 0.2) is 0 Å². The molecule has 0 radical (unpaired) electrons. The maximum absolute atomic E-state index is 3.34. The van der Waals surface area contributed by atoms with Gasteiger partial charge in [-0.05, 0) is 109 Å². The Morgan fingerprint density at radius 3 is 0.979 bits per heavy atom. The van der Waals surface area contributed by atoms with Crippen molar-refractivity contribution in [3.05, 3.63) is 126 Å². The summed E-state index contributed by atoms with van der Waals surface area (Å²) in [4.78, 5) is 4.94. The second-order valence-corrected chi connectivity index (χ2v) is 11.9. The van der Waals surface area contributed by atoms with Crippen LogP contribution in [-0.2, 0) is 0 Å². The molecule has 0 spiro atoms. The van der Waals surface area contributed by atoms with Gasteiger partial charge in [-0.15, -0.1) is 0 Å². The van der Waals surface area contributed by atoms with Crippen molar-refractivity contribution in [3.63, 3.8) is 0 Å². The molecule has 0 fully saturated rings. The minimum atomic E-state index is 0.829. The minimum absolute atomic E-state index is 0.829. The average molecular weight is 627 g/mol. The van der Waals surface area contributed by atoms with Crippen LogP contribution in [0.15, 0.2) is 95.1 Å². The molecule has 1 aliphatic carbocycles. The summed E-state index contributed by atoms with van der Waals surface area (Å²) in [5.41, 5.74) is 40.4. The van der Waals surface area contributed by atoms with E-state index in [9.17, 15) is 0 Å². The Balaban J connectivity index is 2.16. The maximum atomic E-state index is 3.34. The number of hydrogen-bond donors (Lipinski definition) is 0. The van der Waals surface area contributed by atoms with Gasteiger partial charge >= 0.3 is 0 Å². The highest BCUT2D eigenvalue weighted by Gasteiger charge is 2.07. The summed E-state index contributed by atoms with van der Waals surface area (Å²) < 4.78 is 0. The first-order chi connectivity index (χ1) is 23.7. The third kappa shape index (κ3) is 10.9. The number of nitrogens with zero attached hydrogens (tertiary/aromatic N) is 2. The van der Waals surface area contributed by atoms with Gasteiger partial charge in [-0.2, -0.15) is 0 Å². The van der Waals surface area contributed by atoms with Crippen molar-refractivity contribution in [2.24, 2.45) is 0 Å². The second kappa shape index (κ2) is 20.0. The van der Waals surface area contributed by atoms with E-state index in [4.69, 9.17) is 0 Å². The number of rotatable bonds is 14. The molecule has 0 saturated carbocycles. The summed E-state index contributed by atoms with van der Waals surface area (Å²) in [6.07, 6.45) is 9.23. The van der Waals surface area contributed by atoms with Crippen LogP contribution in [0.4, 0.5) is 11.4 Å². The maximum Gasteiger partial charge on any atom is 0.0433 e. The van der Waals surface area contributed by atoms with E-state index >= 15 is 0 Å². The van der Waals surface area contributed by atoms with E-state index in [1.54, 1.807) is 0 Å². The van der Waals surface area contributed by atoms with Crippen LogP contribution in [0.2, 0.25) is 0 Å². The Bertz CT molecular complexity index is 2160. The molecule has 0 atom stereocenters. The fraction of sp³-hybridized carbons (Fsp3) is 0.348. The molecule has 0 heterocycles. The number of benzene rings is 3. The van der Waals surface area contributed by atoms with E-state index in [2.05, 4.69) is 143 Å². The Morgan fingerprint density at radius 1 is 0.375 bits per heavy atom. The van der Waals surface area contributed by atoms with E-state index in [0.29, 0.717) is 0 Å². The van der Waals surface area contributed by atoms with Crippen LogP contribution in [-0.4, -0.2) is 26.2 Å². The number of fused-ring (bicyclic) bond motifs is 3. The molecule has 0 amide bonds. The van der Waals surface area contributed by atoms with Crippen LogP contribution in [0, 0.1) is 0 Å². The molecule has 0 N–H and O–H groups in total. The zero-order valence-corrected chi connectivity index (χ0v) is 29.2. The van der Waals surface area contributed by atoms with E-state index in [1.165, 1.54) is 11.4 Å². The van der Waals surface area contributed by atoms with Crippen LogP contribution < -0.4 is 41.1 Å². The molecular formula is C46H46N2. The highest BCUT2D eigenvalue weighted by atomic mass is 15.1. The van der Waals surface area contributed by atoms with Gasteiger partial charge in [0.25, 0.3) is 0 Å². The quantitative estimate of drug-likeness (QED) is 0.164. The van der Waals surface area contributed by atoms with Gasteiger partial charge in [0.2, 0.25) is 0 Å². The van der Waals surface area contributed by atoms with E-state index in [1.807, 2.05) is 24.3 Å². The standard InChI is InChI=1S/C46H46N2/c1-5-9-33-47(34-10-6-2)45-31-29-41-25-17-15-23-39-21-13-14-22-40(39)24-16-18-26-42-30-32-46(48(35-11-7-3)36-12-8-4)38-44(42)28-20-19-27-43(41)37-45/h13-14,21-22,29-32,37-38H,5-12,33-36H2,1-4H3.